The Balaban J connectivity index is 4.52. The molecule has 0 aromatic carbocycles. The zero-order valence-electron chi connectivity index (χ0n) is 42.7. The Kier molecular flexibility index (Phi) is 50.5. The summed E-state index contributed by atoms with van der Waals surface area (Å²) in [4.78, 5) is 38.0. The van der Waals surface area contributed by atoms with Gasteiger partial charge in [0.15, 0.2) is 6.10 Å². The molecule has 6 nitrogen and oxygen atoms in total. The van der Waals surface area contributed by atoms with Crippen molar-refractivity contribution in [1.29, 1.82) is 0 Å². The third-order valence-electron chi connectivity index (χ3n) is 11.1. The Labute approximate surface area is 406 Å². The first-order valence-electron chi connectivity index (χ1n) is 27.0. The lowest BCUT2D eigenvalue weighted by molar-refractivity contribution is -0.166. The fourth-order valence-corrected chi connectivity index (χ4v) is 7.02. The van der Waals surface area contributed by atoms with E-state index in [-0.39, 0.29) is 37.5 Å². The van der Waals surface area contributed by atoms with Gasteiger partial charge in [-0.05, 0) is 89.9 Å². The van der Waals surface area contributed by atoms with Crippen LogP contribution in [0.25, 0.3) is 0 Å². The van der Waals surface area contributed by atoms with Crippen molar-refractivity contribution in [2.75, 3.05) is 13.2 Å². The number of hydrogen-bond donors (Lipinski definition) is 0. The van der Waals surface area contributed by atoms with Gasteiger partial charge in [0.25, 0.3) is 0 Å². The van der Waals surface area contributed by atoms with Crippen LogP contribution in [0.15, 0.2) is 109 Å². The quantitative estimate of drug-likeness (QED) is 0.0199. The number of allylic oxidation sites excluding steroid dienone is 18. The highest BCUT2D eigenvalue weighted by Gasteiger charge is 2.19. The molecule has 0 spiro atoms. The van der Waals surface area contributed by atoms with Gasteiger partial charge in [0.05, 0.1) is 0 Å². The van der Waals surface area contributed by atoms with Gasteiger partial charge in [0.1, 0.15) is 13.2 Å². The van der Waals surface area contributed by atoms with E-state index in [1.165, 1.54) is 96.3 Å². The van der Waals surface area contributed by atoms with Crippen molar-refractivity contribution >= 4 is 17.9 Å². The Hall–Kier alpha value is -3.93. The highest BCUT2D eigenvalue weighted by Crippen LogP contribution is 2.13. The molecule has 0 bridgehead atoms. The molecule has 6 heteroatoms. The molecular weight excluding hydrogens is 817 g/mol. The minimum atomic E-state index is -0.818. The van der Waals surface area contributed by atoms with Crippen LogP contribution in [0.5, 0.6) is 0 Å². The van der Waals surface area contributed by atoms with Gasteiger partial charge in [-0.15, -0.1) is 0 Å². The summed E-state index contributed by atoms with van der Waals surface area (Å²) in [6.07, 6.45) is 72.2. The van der Waals surface area contributed by atoms with Gasteiger partial charge >= 0.3 is 17.9 Å². The average molecular weight is 915 g/mol. The Morgan fingerprint density at radius 3 is 1.15 bits per heavy atom. The standard InChI is InChI=1S/C60H98O6/c1-4-7-10-13-16-19-22-25-27-29-31-32-35-38-41-44-47-50-53-59(62)65-56-57(55-64-58(61)52-49-46-43-40-37-34-24-21-18-15-12-9-6-3)66-60(63)54-51-48-45-42-39-36-33-30-28-26-23-20-17-14-11-8-5-2/h10,13,16-17,19-20,22,25-29,31-32,34,37,43,46,57H,4-9,11-12,14-15,18,21,23-24,30,33,35-36,38-42,44-45,47-56H2,1-3H3/b13-10+,19-16+,20-17+,25-22+,28-26+,29-27+,32-31+,37-34+,46-43+. The normalized spacial score (nSPS) is 13.0. The molecule has 0 saturated carbocycles. The molecule has 0 aliphatic carbocycles. The highest BCUT2D eigenvalue weighted by atomic mass is 16.6. The second kappa shape index (κ2) is 53.7. The first-order valence-corrected chi connectivity index (χ1v) is 27.0. The molecule has 0 fully saturated rings. The summed E-state index contributed by atoms with van der Waals surface area (Å²) in [5.41, 5.74) is 0. The van der Waals surface area contributed by atoms with Gasteiger partial charge < -0.3 is 14.2 Å². The van der Waals surface area contributed by atoms with Crippen molar-refractivity contribution in [1.82, 2.24) is 0 Å². The first kappa shape index (κ1) is 62.1. The van der Waals surface area contributed by atoms with Gasteiger partial charge in [0.2, 0.25) is 0 Å². The minimum Gasteiger partial charge on any atom is -0.462 e. The molecule has 0 aliphatic heterocycles. The smallest absolute Gasteiger partial charge is 0.306 e. The number of carbonyl (C=O) groups is 3. The van der Waals surface area contributed by atoms with Crippen molar-refractivity contribution < 1.29 is 28.6 Å². The van der Waals surface area contributed by atoms with Crippen molar-refractivity contribution in [2.24, 2.45) is 0 Å². The van der Waals surface area contributed by atoms with E-state index in [0.717, 1.165) is 89.9 Å². The van der Waals surface area contributed by atoms with Gasteiger partial charge in [-0.1, -0.05) is 233 Å². The summed E-state index contributed by atoms with van der Waals surface area (Å²) >= 11 is 0. The number of esters is 3. The summed E-state index contributed by atoms with van der Waals surface area (Å²) in [7, 11) is 0. The molecule has 0 N–H and O–H groups in total. The van der Waals surface area contributed by atoms with Crippen molar-refractivity contribution in [2.45, 2.75) is 239 Å². The Bertz CT molecular complexity index is 1370. The largest absolute Gasteiger partial charge is 0.462 e. The van der Waals surface area contributed by atoms with Crippen LogP contribution >= 0.6 is 0 Å². The summed E-state index contributed by atoms with van der Waals surface area (Å²) in [6, 6.07) is 0. The van der Waals surface area contributed by atoms with E-state index in [2.05, 4.69) is 99.8 Å². The summed E-state index contributed by atoms with van der Waals surface area (Å²) in [5, 5.41) is 0. The van der Waals surface area contributed by atoms with Gasteiger partial charge in [-0.2, -0.15) is 0 Å². The number of hydrogen-bond acceptors (Lipinski definition) is 6. The zero-order chi connectivity index (χ0) is 47.9. The highest BCUT2D eigenvalue weighted by molar-refractivity contribution is 5.71. The molecule has 0 aromatic heterocycles. The molecule has 0 rings (SSSR count). The maximum absolute atomic E-state index is 12.8. The van der Waals surface area contributed by atoms with E-state index >= 15 is 0 Å². The van der Waals surface area contributed by atoms with Crippen molar-refractivity contribution in [3.05, 3.63) is 109 Å². The van der Waals surface area contributed by atoms with Crippen LogP contribution in [-0.4, -0.2) is 37.2 Å². The monoisotopic (exact) mass is 915 g/mol. The van der Waals surface area contributed by atoms with E-state index in [0.29, 0.717) is 19.3 Å². The maximum atomic E-state index is 12.8. The summed E-state index contributed by atoms with van der Waals surface area (Å²) < 4.78 is 16.7. The van der Waals surface area contributed by atoms with Crippen LogP contribution in [0.3, 0.4) is 0 Å². The molecule has 0 radical (unpaired) electrons. The average Bonchev–Trinajstić information content (AvgIpc) is 3.31. The molecule has 374 valence electrons. The van der Waals surface area contributed by atoms with Crippen LogP contribution in [0.1, 0.15) is 233 Å². The third kappa shape index (κ3) is 51.1. The lowest BCUT2D eigenvalue weighted by Gasteiger charge is -2.18. The van der Waals surface area contributed by atoms with Crippen LogP contribution in [-0.2, 0) is 28.6 Å². The maximum Gasteiger partial charge on any atom is 0.306 e. The van der Waals surface area contributed by atoms with Gasteiger partial charge in [-0.3, -0.25) is 14.4 Å². The Morgan fingerprint density at radius 2 is 0.667 bits per heavy atom. The van der Waals surface area contributed by atoms with Crippen molar-refractivity contribution in [3.63, 3.8) is 0 Å². The molecule has 0 aromatic rings. The molecular formula is C60H98O6. The number of unbranched alkanes of at least 4 members (excludes halogenated alkanes) is 22. The molecule has 66 heavy (non-hydrogen) atoms. The van der Waals surface area contributed by atoms with Crippen molar-refractivity contribution in [3.8, 4) is 0 Å². The number of ether oxygens (including phenoxy) is 3. The predicted octanol–water partition coefficient (Wildman–Crippen LogP) is 17.9. The fourth-order valence-electron chi connectivity index (χ4n) is 7.02. The van der Waals surface area contributed by atoms with E-state index in [4.69, 9.17) is 14.2 Å². The van der Waals surface area contributed by atoms with E-state index < -0.39 is 6.10 Å². The second-order valence-corrected chi connectivity index (χ2v) is 17.5. The Morgan fingerprint density at radius 1 is 0.318 bits per heavy atom. The third-order valence-corrected chi connectivity index (χ3v) is 11.1. The van der Waals surface area contributed by atoms with Crippen LogP contribution < -0.4 is 0 Å². The zero-order valence-corrected chi connectivity index (χ0v) is 42.7. The molecule has 0 aliphatic rings. The molecule has 0 amide bonds. The van der Waals surface area contributed by atoms with Gasteiger partial charge in [-0.25, -0.2) is 0 Å². The molecule has 0 heterocycles. The topological polar surface area (TPSA) is 78.9 Å². The summed E-state index contributed by atoms with van der Waals surface area (Å²) in [6.45, 7) is 6.43. The molecule has 0 saturated heterocycles. The molecule has 1 atom stereocenters. The van der Waals surface area contributed by atoms with E-state index in [1.807, 2.05) is 30.4 Å². The minimum absolute atomic E-state index is 0.114. The van der Waals surface area contributed by atoms with Gasteiger partial charge in [0, 0.05) is 19.3 Å². The second-order valence-electron chi connectivity index (χ2n) is 17.5. The molecule has 1 unspecified atom stereocenters. The first-order chi connectivity index (χ1) is 32.5. The van der Waals surface area contributed by atoms with Crippen LogP contribution in [0.4, 0.5) is 0 Å². The van der Waals surface area contributed by atoms with E-state index in [9.17, 15) is 14.4 Å². The fraction of sp³-hybridized carbons (Fsp3) is 0.650. The van der Waals surface area contributed by atoms with E-state index in [1.54, 1.807) is 0 Å². The lowest BCUT2D eigenvalue weighted by Crippen LogP contribution is -2.30. The number of rotatable bonds is 47. The summed E-state index contributed by atoms with van der Waals surface area (Å²) in [5.74, 6) is -1.02. The van der Waals surface area contributed by atoms with Crippen LogP contribution in [0.2, 0.25) is 0 Å². The number of carbonyl (C=O) groups excluding carboxylic acids is 3. The SMILES string of the molecule is CCC/C=C/C=C/C=C/C=C/C=C/CCCCCCCC(=O)OCC(COC(=O)CC/C=C/C/C=C/CCCCCCCC)OC(=O)CCCCCCCCC/C=C/C/C=C/CCCCC. The lowest BCUT2D eigenvalue weighted by atomic mass is 10.1. The predicted molar refractivity (Wildman–Crippen MR) is 283 cm³/mol. The van der Waals surface area contributed by atoms with Crippen LogP contribution in [0, 0.1) is 0 Å².